The Morgan fingerprint density at radius 1 is 1.50 bits per heavy atom. The van der Waals surface area contributed by atoms with Crippen molar-refractivity contribution in [3.8, 4) is 11.5 Å². The fourth-order valence-corrected chi connectivity index (χ4v) is 1.05. The average molecular weight is 194 g/mol. The molecule has 0 radical (unpaired) electrons. The quantitative estimate of drug-likeness (QED) is 0.769. The van der Waals surface area contributed by atoms with Gasteiger partial charge in [-0.25, -0.2) is 0 Å². The lowest BCUT2D eigenvalue weighted by Gasteiger charge is -1.96. The van der Waals surface area contributed by atoms with E-state index in [1.165, 1.54) is 6.26 Å². The molecule has 0 aliphatic heterocycles. The van der Waals surface area contributed by atoms with Crippen molar-refractivity contribution in [1.29, 1.82) is 0 Å². The van der Waals surface area contributed by atoms with E-state index in [4.69, 9.17) is 10.3 Å². The molecule has 1 unspecified atom stereocenters. The summed E-state index contributed by atoms with van der Waals surface area (Å²) in [4.78, 5) is 4.11. The lowest BCUT2D eigenvalue weighted by atomic mass is 10.2. The van der Waals surface area contributed by atoms with Gasteiger partial charge in [0.2, 0.25) is 11.7 Å². The molecule has 6 nitrogen and oxygen atoms in total. The summed E-state index contributed by atoms with van der Waals surface area (Å²) in [5.74, 6) is 0.937. The molecule has 14 heavy (non-hydrogen) atoms. The van der Waals surface area contributed by atoms with Crippen molar-refractivity contribution in [1.82, 2.24) is 15.3 Å². The van der Waals surface area contributed by atoms with Crippen LogP contribution in [0, 0.1) is 0 Å². The molecule has 0 amide bonds. The monoisotopic (exact) mass is 194 g/mol. The zero-order valence-electron chi connectivity index (χ0n) is 7.67. The van der Waals surface area contributed by atoms with Crippen LogP contribution in [0.15, 0.2) is 21.4 Å². The zero-order valence-corrected chi connectivity index (χ0v) is 7.67. The number of aromatic nitrogens is 3. The molecule has 0 spiro atoms. The van der Waals surface area contributed by atoms with Crippen molar-refractivity contribution in [2.24, 2.45) is 5.73 Å². The number of hydrogen-bond acceptors (Lipinski definition) is 6. The summed E-state index contributed by atoms with van der Waals surface area (Å²) < 4.78 is 9.64. The van der Waals surface area contributed by atoms with E-state index >= 15 is 0 Å². The first-order valence-electron chi connectivity index (χ1n) is 4.24. The average Bonchev–Trinajstić information content (AvgIpc) is 2.69. The van der Waals surface area contributed by atoms with Gasteiger partial charge in [0, 0.05) is 18.5 Å². The van der Waals surface area contributed by atoms with Crippen LogP contribution in [0.2, 0.25) is 0 Å². The molecule has 0 saturated heterocycles. The maximum absolute atomic E-state index is 5.59. The Morgan fingerprint density at radius 3 is 3.00 bits per heavy atom. The van der Waals surface area contributed by atoms with Gasteiger partial charge in [-0.05, 0) is 6.92 Å². The van der Waals surface area contributed by atoms with Crippen LogP contribution >= 0.6 is 0 Å². The van der Waals surface area contributed by atoms with Crippen LogP contribution in [0.3, 0.4) is 0 Å². The van der Waals surface area contributed by atoms with Crippen molar-refractivity contribution < 1.29 is 9.05 Å². The van der Waals surface area contributed by atoms with Gasteiger partial charge < -0.3 is 14.8 Å². The van der Waals surface area contributed by atoms with Gasteiger partial charge in [0.25, 0.3) is 0 Å². The number of rotatable bonds is 3. The van der Waals surface area contributed by atoms with E-state index in [-0.39, 0.29) is 6.04 Å². The summed E-state index contributed by atoms with van der Waals surface area (Å²) in [6.07, 6.45) is 2.02. The van der Waals surface area contributed by atoms with Crippen LogP contribution in [0.25, 0.3) is 11.5 Å². The van der Waals surface area contributed by atoms with Crippen molar-refractivity contribution in [3.05, 3.63) is 18.2 Å². The first-order valence-corrected chi connectivity index (χ1v) is 4.24. The molecule has 2 aromatic rings. The smallest absolute Gasteiger partial charge is 0.228 e. The molecule has 2 aromatic heterocycles. The predicted molar refractivity (Wildman–Crippen MR) is 47.1 cm³/mol. The second-order valence-electron chi connectivity index (χ2n) is 3.08. The van der Waals surface area contributed by atoms with E-state index in [1.54, 1.807) is 6.07 Å². The molecule has 2 heterocycles. The summed E-state index contributed by atoms with van der Waals surface area (Å²) in [6.45, 7) is 1.87. The first-order chi connectivity index (χ1) is 6.75. The SMILES string of the molecule is CC(N)Cc1nc(-c2ccon2)no1. The van der Waals surface area contributed by atoms with Crippen LogP contribution in [0.4, 0.5) is 0 Å². The second kappa shape index (κ2) is 3.59. The van der Waals surface area contributed by atoms with E-state index in [2.05, 4.69) is 19.8 Å². The molecule has 0 aliphatic carbocycles. The summed E-state index contributed by atoms with van der Waals surface area (Å²) in [6, 6.07) is 1.67. The number of nitrogens with zero attached hydrogens (tertiary/aromatic N) is 3. The summed E-state index contributed by atoms with van der Waals surface area (Å²) in [5, 5.41) is 7.44. The van der Waals surface area contributed by atoms with E-state index < -0.39 is 0 Å². The largest absolute Gasteiger partial charge is 0.364 e. The zero-order chi connectivity index (χ0) is 9.97. The van der Waals surface area contributed by atoms with E-state index in [0.29, 0.717) is 23.8 Å². The van der Waals surface area contributed by atoms with Gasteiger partial charge in [0.15, 0.2) is 5.69 Å². The molecular formula is C8H10N4O2. The van der Waals surface area contributed by atoms with Crippen LogP contribution in [0.1, 0.15) is 12.8 Å². The normalized spacial score (nSPS) is 13.0. The fourth-order valence-electron chi connectivity index (χ4n) is 1.05. The molecule has 6 heteroatoms. The Morgan fingerprint density at radius 2 is 2.36 bits per heavy atom. The maximum atomic E-state index is 5.59. The van der Waals surface area contributed by atoms with Crippen LogP contribution < -0.4 is 5.73 Å². The van der Waals surface area contributed by atoms with Crippen LogP contribution in [-0.4, -0.2) is 21.3 Å². The first kappa shape index (κ1) is 8.89. The highest BCUT2D eigenvalue weighted by Gasteiger charge is 2.11. The van der Waals surface area contributed by atoms with E-state index in [9.17, 15) is 0 Å². The van der Waals surface area contributed by atoms with Gasteiger partial charge in [-0.1, -0.05) is 10.3 Å². The highest BCUT2D eigenvalue weighted by Crippen LogP contribution is 2.12. The molecule has 0 bridgehead atoms. The van der Waals surface area contributed by atoms with Gasteiger partial charge in [0.1, 0.15) is 6.26 Å². The minimum atomic E-state index is 0.000564. The second-order valence-corrected chi connectivity index (χ2v) is 3.08. The Labute approximate surface area is 80.1 Å². The van der Waals surface area contributed by atoms with Gasteiger partial charge in [-0.3, -0.25) is 0 Å². The molecule has 0 aromatic carbocycles. The number of nitrogens with two attached hydrogens (primary N) is 1. The highest BCUT2D eigenvalue weighted by atomic mass is 16.5. The standard InChI is InChI=1S/C8H10N4O2/c1-5(9)4-7-10-8(12-14-7)6-2-3-13-11-6/h2-3,5H,4,9H2,1H3. The van der Waals surface area contributed by atoms with Crippen LogP contribution in [0.5, 0.6) is 0 Å². The third-order valence-corrected chi connectivity index (χ3v) is 1.63. The molecule has 0 saturated carbocycles. The summed E-state index contributed by atoms with van der Waals surface area (Å²) in [7, 11) is 0. The maximum Gasteiger partial charge on any atom is 0.228 e. The molecular weight excluding hydrogens is 184 g/mol. The molecule has 74 valence electrons. The Kier molecular flexibility index (Phi) is 2.28. The predicted octanol–water partition coefficient (Wildman–Crippen LogP) is 0.614. The van der Waals surface area contributed by atoms with Crippen molar-refractivity contribution in [3.63, 3.8) is 0 Å². The lowest BCUT2D eigenvalue weighted by molar-refractivity contribution is 0.371. The topological polar surface area (TPSA) is 91.0 Å². The lowest BCUT2D eigenvalue weighted by Crippen LogP contribution is -2.17. The van der Waals surface area contributed by atoms with E-state index in [0.717, 1.165) is 0 Å². The van der Waals surface area contributed by atoms with Gasteiger partial charge in [0.05, 0.1) is 0 Å². The molecule has 0 fully saturated rings. The molecule has 1 atom stereocenters. The van der Waals surface area contributed by atoms with Crippen molar-refractivity contribution >= 4 is 0 Å². The van der Waals surface area contributed by atoms with Crippen molar-refractivity contribution in [2.45, 2.75) is 19.4 Å². The van der Waals surface area contributed by atoms with Crippen LogP contribution in [-0.2, 0) is 6.42 Å². The number of hydrogen-bond donors (Lipinski definition) is 1. The van der Waals surface area contributed by atoms with E-state index in [1.807, 2.05) is 6.92 Å². The Hall–Kier alpha value is -1.69. The summed E-state index contributed by atoms with van der Waals surface area (Å²) in [5.41, 5.74) is 6.15. The minimum absolute atomic E-state index is 0.000564. The van der Waals surface area contributed by atoms with Gasteiger partial charge >= 0.3 is 0 Å². The molecule has 2 rings (SSSR count). The third-order valence-electron chi connectivity index (χ3n) is 1.63. The van der Waals surface area contributed by atoms with Gasteiger partial charge in [-0.2, -0.15) is 4.98 Å². The fraction of sp³-hybridized carbons (Fsp3) is 0.375. The third kappa shape index (κ3) is 1.80. The minimum Gasteiger partial charge on any atom is -0.364 e. The Balaban J connectivity index is 2.18. The van der Waals surface area contributed by atoms with Gasteiger partial charge in [-0.15, -0.1) is 0 Å². The summed E-state index contributed by atoms with van der Waals surface area (Å²) >= 11 is 0. The van der Waals surface area contributed by atoms with Crippen molar-refractivity contribution in [2.75, 3.05) is 0 Å². The highest BCUT2D eigenvalue weighted by molar-refractivity contribution is 5.45. The molecule has 2 N–H and O–H groups in total. The Bertz CT molecular complexity index is 393. The molecule has 0 aliphatic rings.